The van der Waals surface area contributed by atoms with E-state index in [4.69, 9.17) is 4.42 Å². The van der Waals surface area contributed by atoms with Gasteiger partial charge < -0.3 is 4.42 Å². The molecular formula is C58H34O. The quantitative estimate of drug-likeness (QED) is 0.164. The molecule has 0 N–H and O–H groups in total. The molecule has 12 aromatic carbocycles. The van der Waals surface area contributed by atoms with Gasteiger partial charge in [0.25, 0.3) is 0 Å². The number of furan rings is 1. The smallest absolute Gasteiger partial charge is 0.135 e. The van der Waals surface area contributed by atoms with Crippen LogP contribution in [0, 0.1) is 0 Å². The van der Waals surface area contributed by atoms with Crippen LogP contribution in [0.5, 0.6) is 0 Å². The highest BCUT2D eigenvalue weighted by Gasteiger charge is 2.16. The van der Waals surface area contributed by atoms with Crippen molar-refractivity contribution in [2.24, 2.45) is 0 Å². The van der Waals surface area contributed by atoms with Crippen LogP contribution in [0.2, 0.25) is 0 Å². The molecule has 0 aliphatic heterocycles. The van der Waals surface area contributed by atoms with Crippen molar-refractivity contribution < 1.29 is 4.42 Å². The summed E-state index contributed by atoms with van der Waals surface area (Å²) in [4.78, 5) is 0. The molecule has 59 heavy (non-hydrogen) atoms. The van der Waals surface area contributed by atoms with Crippen LogP contribution < -0.4 is 0 Å². The number of hydrogen-bond acceptors (Lipinski definition) is 1. The summed E-state index contributed by atoms with van der Waals surface area (Å²) in [6.07, 6.45) is 0. The number of hydrogen-bond donors (Lipinski definition) is 0. The second-order valence-corrected chi connectivity index (χ2v) is 16.0. The van der Waals surface area contributed by atoms with Crippen LogP contribution in [0.15, 0.2) is 211 Å². The Balaban J connectivity index is 0.923. The Morgan fingerprint density at radius 3 is 1.15 bits per heavy atom. The van der Waals surface area contributed by atoms with Crippen LogP contribution in [0.3, 0.4) is 0 Å². The molecule has 1 heterocycles. The maximum atomic E-state index is 6.46. The molecule has 272 valence electrons. The first kappa shape index (κ1) is 32.4. The molecule has 1 heteroatoms. The molecule has 13 rings (SSSR count). The molecule has 1 aromatic heterocycles. The minimum Gasteiger partial charge on any atom is -0.456 e. The Kier molecular flexibility index (Phi) is 6.79. The van der Waals surface area contributed by atoms with Gasteiger partial charge in [-0.2, -0.15) is 0 Å². The molecule has 0 fully saturated rings. The summed E-state index contributed by atoms with van der Waals surface area (Å²) in [6, 6.07) is 76.0. The van der Waals surface area contributed by atoms with E-state index < -0.39 is 0 Å². The fourth-order valence-electron chi connectivity index (χ4n) is 9.92. The highest BCUT2D eigenvalue weighted by molar-refractivity contribution is 6.23. The predicted octanol–water partition coefficient (Wildman–Crippen LogP) is 16.7. The molecule has 0 aliphatic rings. The summed E-state index contributed by atoms with van der Waals surface area (Å²) in [7, 11) is 0. The molecule has 0 atom stereocenters. The zero-order chi connectivity index (χ0) is 38.6. The first-order valence-electron chi connectivity index (χ1n) is 20.4. The Labute approximate surface area is 340 Å². The molecule has 1 nitrogen and oxygen atoms in total. The van der Waals surface area contributed by atoms with Gasteiger partial charge >= 0.3 is 0 Å². The van der Waals surface area contributed by atoms with Gasteiger partial charge in [-0.15, -0.1) is 0 Å². The van der Waals surface area contributed by atoms with Crippen molar-refractivity contribution in [3.63, 3.8) is 0 Å². The molecule has 0 saturated heterocycles. The van der Waals surface area contributed by atoms with Crippen molar-refractivity contribution in [3.05, 3.63) is 206 Å². The monoisotopic (exact) mass is 746 g/mol. The first-order chi connectivity index (χ1) is 29.2. The zero-order valence-electron chi connectivity index (χ0n) is 32.0. The molecule has 0 aliphatic carbocycles. The standard InChI is InChI=1S/C58H34O/c1-3-11-43-35(9-1)21-25-49-45-13-5-7-15-47(45)51(33-53(43)49)41-20-19-37-29-38(17-18-39(37)30-41)40-23-27-57-55(31-40)56-32-42(24-28-58(56)59-57)52-34-54-44-12-4-2-10-36(44)22-26-50(54)46-14-6-8-16-48(46)52/h1-34H. The third-order valence-electron chi connectivity index (χ3n) is 12.8. The van der Waals surface area contributed by atoms with E-state index in [0.717, 1.165) is 21.9 Å². The van der Waals surface area contributed by atoms with Gasteiger partial charge in [-0.25, -0.2) is 0 Å². The van der Waals surface area contributed by atoms with E-state index in [0.29, 0.717) is 0 Å². The third kappa shape index (κ3) is 4.92. The van der Waals surface area contributed by atoms with E-state index in [1.54, 1.807) is 0 Å². The average Bonchev–Trinajstić information content (AvgIpc) is 3.67. The normalized spacial score (nSPS) is 12.1. The lowest BCUT2D eigenvalue weighted by Crippen LogP contribution is -1.87. The Morgan fingerprint density at radius 2 is 0.576 bits per heavy atom. The van der Waals surface area contributed by atoms with E-state index in [1.165, 1.54) is 109 Å². The van der Waals surface area contributed by atoms with Crippen LogP contribution in [0.4, 0.5) is 0 Å². The van der Waals surface area contributed by atoms with E-state index in [9.17, 15) is 0 Å². The van der Waals surface area contributed by atoms with Crippen LogP contribution in [0.1, 0.15) is 0 Å². The molecule has 0 saturated carbocycles. The van der Waals surface area contributed by atoms with Gasteiger partial charge in [0.05, 0.1) is 0 Å². The van der Waals surface area contributed by atoms with Crippen LogP contribution in [0.25, 0.3) is 131 Å². The molecule has 0 amide bonds. The Bertz CT molecular complexity index is 3900. The van der Waals surface area contributed by atoms with Gasteiger partial charge in [0, 0.05) is 10.8 Å². The molecular weight excluding hydrogens is 713 g/mol. The number of rotatable bonds is 3. The predicted molar refractivity (Wildman–Crippen MR) is 253 cm³/mol. The highest BCUT2D eigenvalue weighted by atomic mass is 16.3. The van der Waals surface area contributed by atoms with Crippen molar-refractivity contribution in [1.29, 1.82) is 0 Å². The van der Waals surface area contributed by atoms with E-state index in [1.807, 2.05) is 0 Å². The summed E-state index contributed by atoms with van der Waals surface area (Å²) in [5.74, 6) is 0. The van der Waals surface area contributed by atoms with Gasteiger partial charge in [0.2, 0.25) is 0 Å². The summed E-state index contributed by atoms with van der Waals surface area (Å²) in [5, 5.41) is 20.0. The number of benzene rings is 12. The van der Waals surface area contributed by atoms with E-state index >= 15 is 0 Å². The minimum absolute atomic E-state index is 0.899. The highest BCUT2D eigenvalue weighted by Crippen LogP contribution is 2.42. The summed E-state index contributed by atoms with van der Waals surface area (Å²) in [6.45, 7) is 0. The van der Waals surface area contributed by atoms with Crippen molar-refractivity contribution >= 4 is 97.3 Å². The molecule has 0 radical (unpaired) electrons. The van der Waals surface area contributed by atoms with Gasteiger partial charge in [0.15, 0.2) is 0 Å². The Morgan fingerprint density at radius 1 is 0.203 bits per heavy atom. The molecule has 0 unspecified atom stereocenters. The lowest BCUT2D eigenvalue weighted by Gasteiger charge is -2.14. The zero-order valence-corrected chi connectivity index (χ0v) is 32.0. The minimum atomic E-state index is 0.899. The van der Waals surface area contributed by atoms with Gasteiger partial charge in [-0.1, -0.05) is 158 Å². The Hall–Kier alpha value is -7.74. The van der Waals surface area contributed by atoms with Crippen LogP contribution in [-0.2, 0) is 0 Å². The second-order valence-electron chi connectivity index (χ2n) is 16.0. The van der Waals surface area contributed by atoms with Crippen molar-refractivity contribution in [3.8, 4) is 33.4 Å². The second kappa shape index (κ2) is 12.4. The topological polar surface area (TPSA) is 13.1 Å². The third-order valence-corrected chi connectivity index (χ3v) is 12.8. The lowest BCUT2D eigenvalue weighted by molar-refractivity contribution is 0.669. The van der Waals surface area contributed by atoms with E-state index in [2.05, 4.69) is 206 Å². The fourth-order valence-corrected chi connectivity index (χ4v) is 9.92. The van der Waals surface area contributed by atoms with Crippen LogP contribution in [-0.4, -0.2) is 0 Å². The SMILES string of the molecule is c1ccc2c(c1)ccc1c3ccccc3c(-c3ccc4cc(-c5ccc6oc7ccc(-c8cc9c%10ccccc%10ccc9c9ccccc89)cc7c6c5)ccc4c3)cc21. The largest absolute Gasteiger partial charge is 0.456 e. The van der Waals surface area contributed by atoms with Gasteiger partial charge in [0.1, 0.15) is 11.2 Å². The van der Waals surface area contributed by atoms with E-state index in [-0.39, 0.29) is 0 Å². The summed E-state index contributed by atoms with van der Waals surface area (Å²) >= 11 is 0. The first-order valence-corrected chi connectivity index (χ1v) is 20.4. The summed E-state index contributed by atoms with van der Waals surface area (Å²) in [5.41, 5.74) is 9.07. The number of fused-ring (bicyclic) bond motifs is 14. The average molecular weight is 747 g/mol. The lowest BCUT2D eigenvalue weighted by atomic mass is 9.90. The van der Waals surface area contributed by atoms with Gasteiger partial charge in [-0.3, -0.25) is 0 Å². The molecule has 0 bridgehead atoms. The maximum absolute atomic E-state index is 6.46. The molecule has 13 aromatic rings. The van der Waals surface area contributed by atoms with Gasteiger partial charge in [-0.05, 0) is 157 Å². The van der Waals surface area contributed by atoms with Crippen molar-refractivity contribution in [2.45, 2.75) is 0 Å². The fraction of sp³-hybridized carbons (Fsp3) is 0. The van der Waals surface area contributed by atoms with Crippen molar-refractivity contribution in [2.75, 3.05) is 0 Å². The van der Waals surface area contributed by atoms with Crippen molar-refractivity contribution in [1.82, 2.24) is 0 Å². The maximum Gasteiger partial charge on any atom is 0.135 e. The van der Waals surface area contributed by atoms with Crippen LogP contribution >= 0.6 is 0 Å². The molecule has 0 spiro atoms. The summed E-state index contributed by atoms with van der Waals surface area (Å²) < 4.78 is 6.46.